The minimum atomic E-state index is 0.466. The van der Waals surface area contributed by atoms with Gasteiger partial charge in [0, 0.05) is 23.7 Å². The molecule has 0 aliphatic rings. The highest BCUT2D eigenvalue weighted by Gasteiger charge is 2.10. The summed E-state index contributed by atoms with van der Waals surface area (Å²) < 4.78 is 0. The van der Waals surface area contributed by atoms with Gasteiger partial charge in [0.25, 0.3) is 0 Å². The largest absolute Gasteiger partial charge is 0.386 e. The molecule has 3 nitrogen and oxygen atoms in total. The van der Waals surface area contributed by atoms with Crippen LogP contribution >= 0.6 is 23.2 Å². The van der Waals surface area contributed by atoms with Crippen molar-refractivity contribution in [3.8, 4) is 6.07 Å². The maximum absolute atomic E-state index is 8.95. The Hall–Kier alpha value is -1.50. The molecule has 80 valence electrons. The average molecular weight is 252 g/mol. The second-order valence-corrected chi connectivity index (χ2v) is 4.04. The van der Waals surface area contributed by atoms with Gasteiger partial charge in [0.15, 0.2) is 0 Å². The van der Waals surface area contributed by atoms with Gasteiger partial charge in [0.05, 0.1) is 21.8 Å². The summed E-state index contributed by atoms with van der Waals surface area (Å²) >= 11 is 12.0. The number of halogens is 2. The van der Waals surface area contributed by atoms with Crippen LogP contribution in [0.2, 0.25) is 10.0 Å². The predicted molar refractivity (Wildman–Crippen MR) is 66.0 cm³/mol. The summed E-state index contributed by atoms with van der Waals surface area (Å²) in [6.45, 7) is 0. The molecular formula is C11H7Cl2N3. The summed E-state index contributed by atoms with van der Waals surface area (Å²) in [7, 11) is 1.74. The number of hydrogen-bond donors (Lipinski definition) is 1. The molecule has 0 atom stereocenters. The number of fused-ring (bicyclic) bond motifs is 1. The Bertz CT molecular complexity index is 602. The van der Waals surface area contributed by atoms with E-state index in [4.69, 9.17) is 28.5 Å². The van der Waals surface area contributed by atoms with Gasteiger partial charge >= 0.3 is 0 Å². The van der Waals surface area contributed by atoms with Crippen LogP contribution in [-0.4, -0.2) is 12.0 Å². The van der Waals surface area contributed by atoms with Crippen LogP contribution in [0.1, 0.15) is 5.56 Å². The Morgan fingerprint density at radius 2 is 2.12 bits per heavy atom. The normalized spacial score (nSPS) is 10.1. The molecule has 1 aromatic heterocycles. The van der Waals surface area contributed by atoms with Crippen LogP contribution in [0.25, 0.3) is 10.9 Å². The number of benzene rings is 1. The molecule has 5 heteroatoms. The molecular weight excluding hydrogens is 245 g/mol. The van der Waals surface area contributed by atoms with Crippen LogP contribution in [-0.2, 0) is 0 Å². The SMILES string of the molecule is CNc1c(C#N)cnc2c(Cl)cc(Cl)cc12. The zero-order chi connectivity index (χ0) is 11.7. The highest BCUT2D eigenvalue weighted by molar-refractivity contribution is 6.38. The number of nitriles is 1. The number of anilines is 1. The van der Waals surface area contributed by atoms with E-state index >= 15 is 0 Å². The van der Waals surface area contributed by atoms with E-state index in [0.29, 0.717) is 26.8 Å². The molecule has 2 aromatic rings. The topological polar surface area (TPSA) is 48.7 Å². The van der Waals surface area contributed by atoms with Crippen LogP contribution in [0.15, 0.2) is 18.3 Å². The van der Waals surface area contributed by atoms with Gasteiger partial charge in [-0.2, -0.15) is 5.26 Å². The minimum absolute atomic E-state index is 0.466. The third-order valence-corrected chi connectivity index (χ3v) is 2.77. The number of nitrogens with zero attached hydrogens (tertiary/aromatic N) is 2. The fourth-order valence-corrected chi connectivity index (χ4v) is 2.12. The molecule has 1 N–H and O–H groups in total. The number of pyridine rings is 1. The Kier molecular flexibility index (Phi) is 2.86. The van der Waals surface area contributed by atoms with E-state index in [0.717, 1.165) is 5.39 Å². The summed E-state index contributed by atoms with van der Waals surface area (Å²) in [5.74, 6) is 0. The van der Waals surface area contributed by atoms with Crippen molar-refractivity contribution in [2.24, 2.45) is 0 Å². The second-order valence-electron chi connectivity index (χ2n) is 3.19. The molecule has 0 saturated heterocycles. The van der Waals surface area contributed by atoms with E-state index in [1.165, 1.54) is 6.20 Å². The lowest BCUT2D eigenvalue weighted by molar-refractivity contribution is 1.35. The molecule has 2 rings (SSSR count). The number of hydrogen-bond acceptors (Lipinski definition) is 3. The van der Waals surface area contributed by atoms with E-state index in [9.17, 15) is 0 Å². The lowest BCUT2D eigenvalue weighted by Gasteiger charge is -2.08. The van der Waals surface area contributed by atoms with E-state index < -0.39 is 0 Å². The molecule has 1 aromatic carbocycles. The van der Waals surface area contributed by atoms with Crippen LogP contribution in [0.4, 0.5) is 5.69 Å². The van der Waals surface area contributed by atoms with Crippen molar-refractivity contribution in [3.05, 3.63) is 33.9 Å². The molecule has 0 aliphatic carbocycles. The average Bonchev–Trinajstić information content (AvgIpc) is 2.27. The molecule has 0 unspecified atom stereocenters. The first-order valence-corrected chi connectivity index (χ1v) is 5.28. The Balaban J connectivity index is 2.93. The molecule has 0 aliphatic heterocycles. The van der Waals surface area contributed by atoms with Crippen LogP contribution < -0.4 is 5.32 Å². The first-order chi connectivity index (χ1) is 7.67. The smallest absolute Gasteiger partial charge is 0.103 e. The fraction of sp³-hybridized carbons (Fsp3) is 0.0909. The van der Waals surface area contributed by atoms with Crippen molar-refractivity contribution in [1.82, 2.24) is 4.98 Å². The van der Waals surface area contributed by atoms with Gasteiger partial charge in [-0.25, -0.2) is 0 Å². The lowest BCUT2D eigenvalue weighted by atomic mass is 10.1. The summed E-state index contributed by atoms with van der Waals surface area (Å²) in [6, 6.07) is 5.43. The van der Waals surface area contributed by atoms with Crippen LogP contribution in [0.5, 0.6) is 0 Å². The highest BCUT2D eigenvalue weighted by Crippen LogP contribution is 2.32. The van der Waals surface area contributed by atoms with E-state index in [-0.39, 0.29) is 0 Å². The van der Waals surface area contributed by atoms with Crippen molar-refractivity contribution < 1.29 is 0 Å². The Labute approximate surface area is 103 Å². The van der Waals surface area contributed by atoms with Crippen molar-refractivity contribution in [2.45, 2.75) is 0 Å². The van der Waals surface area contributed by atoms with Gasteiger partial charge in [0.1, 0.15) is 6.07 Å². The van der Waals surface area contributed by atoms with Crippen molar-refractivity contribution in [2.75, 3.05) is 12.4 Å². The quantitative estimate of drug-likeness (QED) is 0.845. The third kappa shape index (κ3) is 1.67. The summed E-state index contributed by atoms with van der Waals surface area (Å²) in [4.78, 5) is 4.15. The molecule has 0 amide bonds. The maximum Gasteiger partial charge on any atom is 0.103 e. The van der Waals surface area contributed by atoms with Crippen LogP contribution in [0.3, 0.4) is 0 Å². The van der Waals surface area contributed by atoms with Gasteiger partial charge < -0.3 is 5.32 Å². The third-order valence-electron chi connectivity index (χ3n) is 2.26. The monoisotopic (exact) mass is 251 g/mol. The standard InChI is InChI=1S/C11H7Cl2N3/c1-15-10-6(4-14)5-16-11-8(10)2-7(12)3-9(11)13/h2-3,5H,1H3,(H,15,16). The Morgan fingerprint density at radius 3 is 2.75 bits per heavy atom. The first kappa shape index (κ1) is 11.0. The van der Waals surface area contributed by atoms with Gasteiger partial charge in [-0.15, -0.1) is 0 Å². The first-order valence-electron chi connectivity index (χ1n) is 4.53. The van der Waals surface area contributed by atoms with E-state index in [1.54, 1.807) is 19.2 Å². The number of nitrogens with one attached hydrogen (secondary N) is 1. The van der Waals surface area contributed by atoms with Crippen LogP contribution in [0, 0.1) is 11.3 Å². The summed E-state index contributed by atoms with van der Waals surface area (Å²) in [6.07, 6.45) is 1.49. The highest BCUT2D eigenvalue weighted by atomic mass is 35.5. The van der Waals surface area contributed by atoms with Gasteiger partial charge in [-0.1, -0.05) is 23.2 Å². The fourth-order valence-electron chi connectivity index (χ4n) is 1.58. The van der Waals surface area contributed by atoms with Gasteiger partial charge in [0.2, 0.25) is 0 Å². The van der Waals surface area contributed by atoms with Gasteiger partial charge in [-0.3, -0.25) is 4.98 Å². The zero-order valence-corrected chi connectivity index (χ0v) is 9.89. The molecule has 0 bridgehead atoms. The van der Waals surface area contributed by atoms with Crippen molar-refractivity contribution >= 4 is 39.8 Å². The number of rotatable bonds is 1. The molecule has 1 heterocycles. The molecule has 0 fully saturated rings. The lowest BCUT2D eigenvalue weighted by Crippen LogP contribution is -1.96. The van der Waals surface area contributed by atoms with E-state index in [1.807, 2.05) is 0 Å². The molecule has 0 spiro atoms. The maximum atomic E-state index is 8.95. The minimum Gasteiger partial charge on any atom is -0.386 e. The molecule has 0 radical (unpaired) electrons. The number of aromatic nitrogens is 1. The van der Waals surface area contributed by atoms with Crippen molar-refractivity contribution in [1.29, 1.82) is 5.26 Å². The van der Waals surface area contributed by atoms with Crippen molar-refractivity contribution in [3.63, 3.8) is 0 Å². The molecule has 0 saturated carbocycles. The summed E-state index contributed by atoms with van der Waals surface area (Å²) in [5, 5.41) is 13.7. The second kappa shape index (κ2) is 4.17. The molecule has 16 heavy (non-hydrogen) atoms. The zero-order valence-electron chi connectivity index (χ0n) is 8.38. The van der Waals surface area contributed by atoms with E-state index in [2.05, 4.69) is 16.4 Å². The predicted octanol–water partition coefficient (Wildman–Crippen LogP) is 3.45. The summed E-state index contributed by atoms with van der Waals surface area (Å²) in [5.41, 5.74) is 1.79. The van der Waals surface area contributed by atoms with Gasteiger partial charge in [-0.05, 0) is 12.1 Å². The Morgan fingerprint density at radius 1 is 1.38 bits per heavy atom.